The lowest BCUT2D eigenvalue weighted by molar-refractivity contribution is -0.870. The zero-order chi connectivity index (χ0) is 43.6. The Labute approximate surface area is 367 Å². The van der Waals surface area contributed by atoms with Crippen LogP contribution in [0.5, 0.6) is 0 Å². The lowest BCUT2D eigenvalue weighted by atomic mass is 10.0. The summed E-state index contributed by atoms with van der Waals surface area (Å²) in [5.41, 5.74) is 0. The van der Waals surface area contributed by atoms with Gasteiger partial charge < -0.3 is 19.8 Å². The van der Waals surface area contributed by atoms with Gasteiger partial charge in [0.25, 0.3) is 0 Å². The van der Waals surface area contributed by atoms with Crippen LogP contribution in [0.4, 0.5) is 0 Å². The summed E-state index contributed by atoms with van der Waals surface area (Å²) in [6.07, 6.45) is 50.3. The number of carbonyl (C=O) groups excluding carboxylic acids is 1. The van der Waals surface area contributed by atoms with E-state index in [-0.39, 0.29) is 19.1 Å². The van der Waals surface area contributed by atoms with Crippen LogP contribution in [0.15, 0.2) is 12.2 Å². The van der Waals surface area contributed by atoms with Gasteiger partial charge in [-0.2, -0.15) is 0 Å². The van der Waals surface area contributed by atoms with Crippen LogP contribution >= 0.6 is 7.82 Å². The quantitative estimate of drug-likeness (QED) is 0.0244. The maximum atomic E-state index is 12.9. The Balaban J connectivity index is 3.99. The Morgan fingerprint density at radius 3 is 1.25 bits per heavy atom. The molecule has 0 rings (SSSR count). The molecule has 0 aliphatic carbocycles. The molecule has 59 heavy (non-hydrogen) atoms. The molecule has 0 aromatic heterocycles. The molecule has 0 radical (unpaired) electrons. The van der Waals surface area contributed by atoms with Crippen LogP contribution in [0.2, 0.25) is 0 Å². The highest BCUT2D eigenvalue weighted by Crippen LogP contribution is 2.43. The largest absolute Gasteiger partial charge is 0.472 e. The van der Waals surface area contributed by atoms with E-state index in [1.165, 1.54) is 193 Å². The summed E-state index contributed by atoms with van der Waals surface area (Å²) < 4.78 is 23.5. The van der Waals surface area contributed by atoms with Crippen LogP contribution in [0.3, 0.4) is 0 Å². The summed E-state index contributed by atoms with van der Waals surface area (Å²) >= 11 is 0. The number of likely N-dealkylation sites (N-methyl/N-ethyl adjacent to an activating group) is 1. The molecule has 352 valence electrons. The first kappa shape index (κ1) is 58.2. The van der Waals surface area contributed by atoms with E-state index in [1.807, 2.05) is 27.2 Å². The topological polar surface area (TPSA) is 105 Å². The number of carbonyl (C=O) groups is 1. The smallest absolute Gasteiger partial charge is 0.387 e. The molecule has 0 aliphatic rings. The number of nitrogens with one attached hydrogen (secondary N) is 1. The van der Waals surface area contributed by atoms with Gasteiger partial charge in [0.15, 0.2) is 0 Å². The minimum Gasteiger partial charge on any atom is -0.387 e. The average Bonchev–Trinajstić information content (AvgIpc) is 3.19. The van der Waals surface area contributed by atoms with Gasteiger partial charge in [-0.1, -0.05) is 238 Å². The molecule has 3 N–H and O–H groups in total. The number of allylic oxidation sites excluding steroid dienone is 1. The molecule has 3 atom stereocenters. The molecule has 1 unspecified atom stereocenters. The van der Waals surface area contributed by atoms with Crippen LogP contribution in [-0.4, -0.2) is 73.4 Å². The van der Waals surface area contributed by atoms with Crippen LogP contribution in [0.1, 0.15) is 251 Å². The van der Waals surface area contributed by atoms with Crippen molar-refractivity contribution >= 4 is 13.7 Å². The number of nitrogens with zero attached hydrogens (tertiary/aromatic N) is 1. The standard InChI is InChI=1S/C50H101N2O6P/c1-6-8-10-12-14-16-17-18-19-20-21-22-23-24-25-26-27-28-29-30-31-32-33-34-36-38-40-42-44-50(54)51-48(47-58-59(55,56)57-46-45-52(3,4)5)49(53)43-41-39-37-35-15-13-11-9-7-2/h41,43,48-49,53H,6-40,42,44-47H2,1-5H3,(H-,51,54,55,56)/p+1/b43-41+/t48-,49+/m0/s1. The Morgan fingerprint density at radius 2 is 0.898 bits per heavy atom. The van der Waals surface area contributed by atoms with Gasteiger partial charge in [-0.05, 0) is 19.3 Å². The number of rotatable bonds is 47. The second-order valence-corrected chi connectivity index (χ2v) is 20.4. The molecule has 0 saturated carbocycles. The number of phosphoric ester groups is 1. The fourth-order valence-electron chi connectivity index (χ4n) is 7.69. The van der Waals surface area contributed by atoms with E-state index in [4.69, 9.17) is 9.05 Å². The van der Waals surface area contributed by atoms with Crippen molar-refractivity contribution in [2.75, 3.05) is 40.9 Å². The fourth-order valence-corrected chi connectivity index (χ4v) is 8.43. The van der Waals surface area contributed by atoms with Crippen LogP contribution in [-0.2, 0) is 18.4 Å². The summed E-state index contributed by atoms with van der Waals surface area (Å²) in [6.45, 7) is 4.81. The van der Waals surface area contributed by atoms with Crippen molar-refractivity contribution in [1.29, 1.82) is 0 Å². The highest BCUT2D eigenvalue weighted by atomic mass is 31.2. The van der Waals surface area contributed by atoms with Crippen LogP contribution in [0.25, 0.3) is 0 Å². The van der Waals surface area contributed by atoms with Crippen LogP contribution < -0.4 is 5.32 Å². The van der Waals surface area contributed by atoms with E-state index in [0.717, 1.165) is 38.5 Å². The number of aliphatic hydroxyl groups excluding tert-OH is 1. The number of unbranched alkanes of at least 4 members (excludes halogenated alkanes) is 34. The summed E-state index contributed by atoms with van der Waals surface area (Å²) in [5, 5.41) is 13.8. The van der Waals surface area contributed by atoms with Gasteiger partial charge in [-0.25, -0.2) is 4.57 Å². The molecular weight excluding hydrogens is 756 g/mol. The summed E-state index contributed by atoms with van der Waals surface area (Å²) in [4.78, 5) is 23.1. The predicted octanol–water partition coefficient (Wildman–Crippen LogP) is 14.7. The van der Waals surface area contributed by atoms with Crippen molar-refractivity contribution in [3.8, 4) is 0 Å². The van der Waals surface area contributed by atoms with E-state index in [9.17, 15) is 19.4 Å². The van der Waals surface area contributed by atoms with Gasteiger partial charge >= 0.3 is 7.82 Å². The molecule has 0 bridgehead atoms. The zero-order valence-corrected chi connectivity index (χ0v) is 40.9. The number of hydrogen-bond acceptors (Lipinski definition) is 5. The first-order valence-electron chi connectivity index (χ1n) is 25.6. The Morgan fingerprint density at radius 1 is 0.559 bits per heavy atom. The van der Waals surface area contributed by atoms with Gasteiger partial charge in [0.2, 0.25) is 5.91 Å². The van der Waals surface area contributed by atoms with Crippen molar-refractivity contribution in [3.63, 3.8) is 0 Å². The minimum absolute atomic E-state index is 0.0643. The number of phosphoric acid groups is 1. The predicted molar refractivity (Wildman–Crippen MR) is 254 cm³/mol. The van der Waals surface area contributed by atoms with Gasteiger partial charge in [0.1, 0.15) is 13.2 Å². The Hall–Kier alpha value is -0.760. The van der Waals surface area contributed by atoms with Crippen molar-refractivity contribution < 1.29 is 32.9 Å². The third-order valence-corrected chi connectivity index (χ3v) is 12.7. The number of aliphatic hydroxyl groups is 1. The third kappa shape index (κ3) is 45.1. The highest BCUT2D eigenvalue weighted by Gasteiger charge is 2.27. The molecule has 0 aromatic rings. The number of quaternary nitrogens is 1. The third-order valence-electron chi connectivity index (χ3n) is 11.8. The summed E-state index contributed by atoms with van der Waals surface area (Å²) in [6, 6.07) is -0.839. The van der Waals surface area contributed by atoms with Crippen LogP contribution in [0, 0.1) is 0 Å². The lowest BCUT2D eigenvalue weighted by Crippen LogP contribution is -2.45. The second kappa shape index (κ2) is 42.5. The van der Waals surface area contributed by atoms with E-state index >= 15 is 0 Å². The SMILES string of the molecule is CCCCCCCCC/C=C/[C@@H](O)[C@H](COP(=O)(O)OCC[N+](C)(C)C)NC(=O)CCCCCCCCCCCCCCCCCCCCCCCCCCCCCC. The first-order valence-corrected chi connectivity index (χ1v) is 27.1. The lowest BCUT2D eigenvalue weighted by Gasteiger charge is -2.25. The molecule has 8 nitrogen and oxygen atoms in total. The van der Waals surface area contributed by atoms with E-state index in [0.29, 0.717) is 17.4 Å². The molecule has 0 aliphatic heterocycles. The molecule has 0 fully saturated rings. The normalized spacial score (nSPS) is 14.2. The Bertz CT molecular complexity index is 974. The van der Waals surface area contributed by atoms with Crippen molar-refractivity contribution in [2.45, 2.75) is 264 Å². The van der Waals surface area contributed by atoms with Crippen molar-refractivity contribution in [3.05, 3.63) is 12.2 Å². The monoisotopic (exact) mass is 858 g/mol. The summed E-state index contributed by atoms with van der Waals surface area (Å²) in [7, 11) is 1.58. The van der Waals surface area contributed by atoms with Crippen molar-refractivity contribution in [2.24, 2.45) is 0 Å². The average molecular weight is 858 g/mol. The molecule has 1 amide bonds. The molecule has 9 heteroatoms. The Kier molecular flexibility index (Phi) is 42.0. The van der Waals surface area contributed by atoms with Gasteiger partial charge in [-0.15, -0.1) is 0 Å². The van der Waals surface area contributed by atoms with E-state index in [1.54, 1.807) is 6.08 Å². The van der Waals surface area contributed by atoms with E-state index < -0.39 is 20.0 Å². The maximum Gasteiger partial charge on any atom is 0.472 e. The zero-order valence-electron chi connectivity index (χ0n) is 40.0. The molecule has 0 saturated heterocycles. The number of amides is 1. The molecule has 0 heterocycles. The van der Waals surface area contributed by atoms with Crippen molar-refractivity contribution in [1.82, 2.24) is 5.32 Å². The van der Waals surface area contributed by atoms with Gasteiger partial charge in [0.05, 0.1) is 39.9 Å². The highest BCUT2D eigenvalue weighted by molar-refractivity contribution is 7.47. The first-order chi connectivity index (χ1) is 28.5. The minimum atomic E-state index is -4.33. The van der Waals surface area contributed by atoms with Gasteiger partial charge in [0, 0.05) is 6.42 Å². The fraction of sp³-hybridized carbons (Fsp3) is 0.940. The molecular formula is C50H102N2O6P+. The number of hydrogen-bond donors (Lipinski definition) is 3. The molecule has 0 spiro atoms. The summed E-state index contributed by atoms with van der Waals surface area (Å²) in [5.74, 6) is -0.174. The molecule has 0 aromatic carbocycles. The maximum absolute atomic E-state index is 12.9. The second-order valence-electron chi connectivity index (χ2n) is 18.9. The van der Waals surface area contributed by atoms with Gasteiger partial charge in [-0.3, -0.25) is 13.8 Å². The van der Waals surface area contributed by atoms with E-state index in [2.05, 4.69) is 19.2 Å².